The molecule has 0 saturated heterocycles. The summed E-state index contributed by atoms with van der Waals surface area (Å²) in [5, 5.41) is 1.69. The second-order valence-electron chi connectivity index (χ2n) is 6.36. The fourth-order valence-electron chi connectivity index (χ4n) is 3.65. The molecular formula is C19H11KN2O4S. The number of benzene rings is 3. The zero-order chi connectivity index (χ0) is 18.2. The second-order valence-corrected chi connectivity index (χ2v) is 7.71. The van der Waals surface area contributed by atoms with E-state index in [0.717, 1.165) is 5.56 Å². The molecule has 0 bridgehead atoms. The maximum absolute atomic E-state index is 13.1. The third-order valence-electron chi connectivity index (χ3n) is 4.75. The van der Waals surface area contributed by atoms with Crippen LogP contribution in [0.3, 0.4) is 0 Å². The Hall–Kier alpha value is -1.39. The van der Waals surface area contributed by atoms with E-state index in [2.05, 4.69) is 4.98 Å². The third-order valence-corrected chi connectivity index (χ3v) is 5.65. The van der Waals surface area contributed by atoms with Crippen LogP contribution in [-0.4, -0.2) is 22.4 Å². The molecule has 27 heavy (non-hydrogen) atoms. The molecular weight excluding hydrogens is 391 g/mol. The summed E-state index contributed by atoms with van der Waals surface area (Å²) in [6.45, 7) is 1.94. The molecule has 0 fully saturated rings. The van der Waals surface area contributed by atoms with E-state index in [0.29, 0.717) is 32.8 Å². The fourth-order valence-corrected chi connectivity index (χ4v) is 4.33. The maximum Gasteiger partial charge on any atom is 1.00 e. The van der Waals surface area contributed by atoms with Crippen LogP contribution in [-0.2, 0) is 10.1 Å². The minimum absolute atomic E-state index is 0. The normalized spacial score (nSPS) is 12.2. The molecule has 2 heterocycles. The molecule has 0 aliphatic carbocycles. The summed E-state index contributed by atoms with van der Waals surface area (Å²) in [4.78, 5) is 17.4. The Morgan fingerprint density at radius 1 is 1.00 bits per heavy atom. The summed E-state index contributed by atoms with van der Waals surface area (Å²) in [6.07, 6.45) is 0. The van der Waals surface area contributed by atoms with Crippen LogP contribution >= 0.6 is 0 Å². The molecule has 0 saturated carbocycles. The van der Waals surface area contributed by atoms with Crippen LogP contribution in [0.5, 0.6) is 0 Å². The first-order valence-corrected chi connectivity index (χ1v) is 9.33. The van der Waals surface area contributed by atoms with Crippen molar-refractivity contribution in [3.05, 3.63) is 64.4 Å². The van der Waals surface area contributed by atoms with Gasteiger partial charge < -0.3 is 4.55 Å². The van der Waals surface area contributed by atoms with E-state index < -0.39 is 10.1 Å². The van der Waals surface area contributed by atoms with Gasteiger partial charge in [0.15, 0.2) is 0 Å². The van der Waals surface area contributed by atoms with Gasteiger partial charge in [-0.2, -0.15) is 0 Å². The van der Waals surface area contributed by atoms with E-state index in [1.165, 1.54) is 12.1 Å². The van der Waals surface area contributed by atoms with Crippen LogP contribution in [0.25, 0.3) is 38.2 Å². The molecule has 0 spiro atoms. The topological polar surface area (TPSA) is 91.6 Å². The van der Waals surface area contributed by atoms with Crippen molar-refractivity contribution in [1.29, 1.82) is 0 Å². The Bertz CT molecular complexity index is 1540. The number of fused-ring (bicyclic) bond motifs is 4. The molecule has 5 aromatic rings. The molecule has 0 aliphatic heterocycles. The molecule has 0 amide bonds. The van der Waals surface area contributed by atoms with E-state index in [-0.39, 0.29) is 67.2 Å². The molecule has 6 nitrogen and oxygen atoms in total. The van der Waals surface area contributed by atoms with E-state index in [4.69, 9.17) is 0 Å². The first kappa shape index (κ1) is 18.9. The van der Waals surface area contributed by atoms with Gasteiger partial charge in [-0.25, -0.2) is 13.4 Å². The number of hydrogen-bond acceptors (Lipinski definition) is 5. The van der Waals surface area contributed by atoms with Gasteiger partial charge in [-0.3, -0.25) is 9.20 Å². The largest absolute Gasteiger partial charge is 1.00 e. The summed E-state index contributed by atoms with van der Waals surface area (Å²) in [5.74, 6) is 0. The van der Waals surface area contributed by atoms with Gasteiger partial charge in [0.1, 0.15) is 15.8 Å². The molecule has 5 rings (SSSR count). The van der Waals surface area contributed by atoms with E-state index in [9.17, 15) is 17.8 Å². The average molecular weight is 402 g/mol. The summed E-state index contributed by atoms with van der Waals surface area (Å²) >= 11 is 0. The molecule has 0 radical (unpaired) electrons. The Morgan fingerprint density at radius 2 is 1.74 bits per heavy atom. The number of hydrogen-bond donors (Lipinski definition) is 0. The number of pyridine rings is 1. The smallest absolute Gasteiger partial charge is 0.744 e. The van der Waals surface area contributed by atoms with Crippen molar-refractivity contribution in [2.24, 2.45) is 0 Å². The summed E-state index contributed by atoms with van der Waals surface area (Å²) in [7, 11) is -4.66. The Morgan fingerprint density at radius 3 is 2.48 bits per heavy atom. The zero-order valence-electron chi connectivity index (χ0n) is 14.6. The molecule has 2 aromatic heterocycles. The van der Waals surface area contributed by atoms with Crippen molar-refractivity contribution in [3.63, 3.8) is 0 Å². The monoisotopic (exact) mass is 402 g/mol. The van der Waals surface area contributed by atoms with Crippen LogP contribution < -0.4 is 56.9 Å². The first-order chi connectivity index (χ1) is 12.4. The average Bonchev–Trinajstić information content (AvgIpc) is 2.97. The predicted octanol–water partition coefficient (Wildman–Crippen LogP) is -0.192. The van der Waals surface area contributed by atoms with E-state index in [1.807, 2.05) is 25.1 Å². The van der Waals surface area contributed by atoms with Gasteiger partial charge in [0.25, 0.3) is 5.56 Å². The SMILES string of the molecule is Cc1ccc2nc3c4cccc5c(S(=O)(=O)[O-])ccc(c(=O)n3c2c1)c54.[K+]. The third kappa shape index (κ3) is 2.67. The number of nitrogens with zero attached hydrogens (tertiary/aromatic N) is 2. The quantitative estimate of drug-likeness (QED) is 0.286. The molecule has 8 heteroatoms. The van der Waals surface area contributed by atoms with Gasteiger partial charge in [0.05, 0.1) is 15.9 Å². The predicted molar refractivity (Wildman–Crippen MR) is 97.9 cm³/mol. The molecule has 128 valence electrons. The van der Waals surface area contributed by atoms with E-state index in [1.54, 1.807) is 22.6 Å². The van der Waals surface area contributed by atoms with Gasteiger partial charge in [0, 0.05) is 21.5 Å². The Kier molecular flexibility index (Phi) is 4.43. The first-order valence-electron chi connectivity index (χ1n) is 7.92. The van der Waals surface area contributed by atoms with Crippen LogP contribution in [0.1, 0.15) is 5.56 Å². The number of imidazole rings is 1. The standard InChI is InChI=1S/C19H12N2O4S.K/c1-10-5-7-14-15(9-10)21-18(20-14)12-4-2-3-11-16(26(23,24)25)8-6-13(17(11)12)19(21)22;/h2-9H,1H3,(H,23,24,25);/q;+1/p-1. The van der Waals surface area contributed by atoms with Crippen molar-refractivity contribution in [3.8, 4) is 0 Å². The summed E-state index contributed by atoms with van der Waals surface area (Å²) in [6, 6.07) is 13.3. The van der Waals surface area contributed by atoms with Crippen molar-refractivity contribution >= 4 is 48.3 Å². The number of aryl methyl sites for hydroxylation is 1. The fraction of sp³-hybridized carbons (Fsp3) is 0.0526. The van der Waals surface area contributed by atoms with Crippen molar-refractivity contribution in [2.45, 2.75) is 11.8 Å². The molecule has 3 aromatic carbocycles. The minimum Gasteiger partial charge on any atom is -0.744 e. The van der Waals surface area contributed by atoms with Crippen LogP contribution in [0, 0.1) is 6.92 Å². The summed E-state index contributed by atoms with van der Waals surface area (Å²) < 4.78 is 36.4. The molecule has 0 N–H and O–H groups in total. The Labute approximate surface area is 196 Å². The van der Waals surface area contributed by atoms with Gasteiger partial charge in [-0.05, 0) is 36.8 Å². The van der Waals surface area contributed by atoms with E-state index >= 15 is 0 Å². The molecule has 0 unspecified atom stereocenters. The van der Waals surface area contributed by atoms with Crippen LogP contribution in [0.2, 0.25) is 0 Å². The number of aromatic nitrogens is 2. The second kappa shape index (κ2) is 6.31. The van der Waals surface area contributed by atoms with Gasteiger partial charge in [-0.15, -0.1) is 0 Å². The van der Waals surface area contributed by atoms with Crippen LogP contribution in [0.4, 0.5) is 0 Å². The van der Waals surface area contributed by atoms with Crippen molar-refractivity contribution in [1.82, 2.24) is 9.38 Å². The van der Waals surface area contributed by atoms with Crippen molar-refractivity contribution in [2.75, 3.05) is 0 Å². The molecule has 0 atom stereocenters. The zero-order valence-corrected chi connectivity index (χ0v) is 18.5. The maximum atomic E-state index is 13.1. The number of rotatable bonds is 1. The van der Waals surface area contributed by atoms with Crippen LogP contribution in [0.15, 0.2) is 58.2 Å². The molecule has 0 aliphatic rings. The minimum atomic E-state index is -4.66. The van der Waals surface area contributed by atoms with Gasteiger partial charge in [-0.1, -0.05) is 24.3 Å². The van der Waals surface area contributed by atoms with Gasteiger partial charge >= 0.3 is 51.4 Å². The summed E-state index contributed by atoms with van der Waals surface area (Å²) in [5.41, 5.74) is 2.55. The van der Waals surface area contributed by atoms with Crippen molar-refractivity contribution < 1.29 is 64.4 Å². The Balaban J connectivity index is 0.00000180. The van der Waals surface area contributed by atoms with Gasteiger partial charge in [0.2, 0.25) is 0 Å².